The molecule has 0 unspecified atom stereocenters. The minimum Gasteiger partial charge on any atom is -0.325 e. The van der Waals surface area contributed by atoms with E-state index in [1.54, 1.807) is 30.3 Å². The Morgan fingerprint density at radius 1 is 0.710 bits per heavy atom. The van der Waals surface area contributed by atoms with Crippen LogP contribution < -0.4 is 10.2 Å². The van der Waals surface area contributed by atoms with Gasteiger partial charge in [-0.15, -0.1) is 0 Å². The molecule has 31 heavy (non-hydrogen) atoms. The maximum Gasteiger partial charge on any atom is 0.302 e. The lowest BCUT2D eigenvalue weighted by atomic mass is 10.1. The van der Waals surface area contributed by atoms with Gasteiger partial charge in [-0.3, -0.25) is 19.2 Å². The molecule has 3 amide bonds. The van der Waals surface area contributed by atoms with Gasteiger partial charge in [-0.05, 0) is 45.8 Å². The summed E-state index contributed by atoms with van der Waals surface area (Å²) in [4.78, 5) is 51.6. The summed E-state index contributed by atoms with van der Waals surface area (Å²) in [5.74, 6) is -5.40. The molecule has 6 nitrogen and oxygen atoms in total. The Hall–Kier alpha value is -4.32. The van der Waals surface area contributed by atoms with Crippen LogP contribution in [0.3, 0.4) is 0 Å². The first-order valence-corrected chi connectivity index (χ1v) is 9.73. The Labute approximate surface area is 177 Å². The molecule has 0 bridgehead atoms. The van der Waals surface area contributed by atoms with Gasteiger partial charge in [-0.25, -0.2) is 4.90 Å². The van der Waals surface area contributed by atoms with Crippen LogP contribution in [0.4, 0.5) is 11.4 Å². The maximum atomic E-state index is 12.9. The number of carbonyl (C=O) groups excluding carboxylic acids is 4. The van der Waals surface area contributed by atoms with Crippen molar-refractivity contribution in [1.82, 2.24) is 0 Å². The van der Waals surface area contributed by atoms with Crippen LogP contribution in [0.1, 0.15) is 0 Å². The average molecular weight is 408 g/mol. The molecule has 1 aliphatic heterocycles. The van der Waals surface area contributed by atoms with Crippen molar-refractivity contribution in [3.05, 3.63) is 84.9 Å². The number of carbonyl (C=O) groups is 4. The minimum atomic E-state index is -1.70. The van der Waals surface area contributed by atoms with E-state index in [0.717, 1.165) is 26.4 Å². The number of amides is 3. The number of rotatable bonds is 3. The fraction of sp³-hybridized carbons (Fsp3) is 0.0400. The van der Waals surface area contributed by atoms with E-state index in [4.69, 9.17) is 0 Å². The van der Waals surface area contributed by atoms with Gasteiger partial charge < -0.3 is 5.32 Å². The Kier molecular flexibility index (Phi) is 4.33. The number of ketones is 1. The molecule has 150 valence electrons. The first kappa shape index (κ1) is 18.7. The Bertz CT molecular complexity index is 1410. The van der Waals surface area contributed by atoms with Crippen molar-refractivity contribution in [2.45, 2.75) is 0 Å². The van der Waals surface area contributed by atoms with Crippen molar-refractivity contribution in [1.29, 1.82) is 0 Å². The molecule has 0 radical (unpaired) electrons. The van der Waals surface area contributed by atoms with Gasteiger partial charge in [0, 0.05) is 5.69 Å². The summed E-state index contributed by atoms with van der Waals surface area (Å²) in [7, 11) is 0. The van der Waals surface area contributed by atoms with Gasteiger partial charge in [0.05, 0.1) is 5.69 Å². The van der Waals surface area contributed by atoms with Gasteiger partial charge >= 0.3 is 5.91 Å². The van der Waals surface area contributed by atoms with Gasteiger partial charge in [0.15, 0.2) is 5.92 Å². The molecule has 4 aromatic rings. The molecule has 6 heteroatoms. The summed E-state index contributed by atoms with van der Waals surface area (Å²) >= 11 is 0. The van der Waals surface area contributed by atoms with E-state index >= 15 is 0 Å². The van der Waals surface area contributed by atoms with Crippen molar-refractivity contribution in [2.75, 3.05) is 10.2 Å². The third-order valence-electron chi connectivity index (χ3n) is 5.41. The Morgan fingerprint density at radius 2 is 1.29 bits per heavy atom. The van der Waals surface area contributed by atoms with Gasteiger partial charge in [-0.2, -0.15) is 0 Å². The molecule has 0 aliphatic carbocycles. The highest BCUT2D eigenvalue weighted by atomic mass is 16.2. The number of anilines is 2. The number of benzene rings is 4. The van der Waals surface area contributed by atoms with Crippen molar-refractivity contribution in [2.24, 2.45) is 5.92 Å². The number of nitrogens with one attached hydrogen (secondary N) is 1. The third-order valence-corrected chi connectivity index (χ3v) is 5.41. The second-order valence-corrected chi connectivity index (χ2v) is 7.36. The van der Waals surface area contributed by atoms with Crippen LogP contribution in [0.25, 0.3) is 21.5 Å². The highest BCUT2D eigenvalue weighted by Crippen LogP contribution is 2.29. The lowest BCUT2D eigenvalue weighted by Gasteiger charge is -2.15. The minimum absolute atomic E-state index is 0.267. The third kappa shape index (κ3) is 3.14. The molecule has 4 aromatic carbocycles. The predicted octanol–water partition coefficient (Wildman–Crippen LogP) is 3.69. The zero-order valence-electron chi connectivity index (χ0n) is 16.2. The summed E-state index contributed by atoms with van der Waals surface area (Å²) in [5, 5.41) is 6.24. The largest absolute Gasteiger partial charge is 0.325 e. The van der Waals surface area contributed by atoms with E-state index in [-0.39, 0.29) is 5.69 Å². The van der Waals surface area contributed by atoms with Crippen LogP contribution in [0.5, 0.6) is 0 Å². The monoisotopic (exact) mass is 408 g/mol. The standard InChI is InChI=1S/C25H16N2O4/c28-22-21(23(29)26-19-11-9-15-5-1-3-7-17(15)13-19)24(30)27(25(22)31)20-12-10-16-6-2-4-8-18(16)14-20/h1-14,21H,(H,26,29)/t21-/m1/s1. The van der Waals surface area contributed by atoms with E-state index in [0.29, 0.717) is 5.69 Å². The number of imide groups is 1. The first-order chi connectivity index (χ1) is 15.0. The van der Waals surface area contributed by atoms with Crippen molar-refractivity contribution in [3.8, 4) is 0 Å². The van der Waals surface area contributed by atoms with Crippen molar-refractivity contribution < 1.29 is 19.2 Å². The van der Waals surface area contributed by atoms with E-state index in [9.17, 15) is 19.2 Å². The number of Topliss-reactive ketones (excluding diaryl/α,β-unsaturated/α-hetero) is 1. The molecule has 1 saturated heterocycles. The molecule has 1 heterocycles. The van der Waals surface area contributed by atoms with E-state index < -0.39 is 29.4 Å². The van der Waals surface area contributed by atoms with Gasteiger partial charge in [0.2, 0.25) is 11.7 Å². The predicted molar refractivity (Wildman–Crippen MR) is 118 cm³/mol. The molecular formula is C25H16N2O4. The van der Waals surface area contributed by atoms with Crippen LogP contribution in [0.15, 0.2) is 84.9 Å². The summed E-state index contributed by atoms with van der Waals surface area (Å²) in [5.41, 5.74) is 0.712. The van der Waals surface area contributed by atoms with Gasteiger partial charge in [0.25, 0.3) is 5.91 Å². The zero-order chi connectivity index (χ0) is 21.5. The SMILES string of the molecule is O=C(Nc1ccc2ccccc2c1)[C@H]1C(=O)C(=O)N(c2ccc3ccccc3c2)C1=O. The van der Waals surface area contributed by atoms with Crippen molar-refractivity contribution in [3.63, 3.8) is 0 Å². The van der Waals surface area contributed by atoms with Crippen molar-refractivity contribution >= 4 is 56.4 Å². The van der Waals surface area contributed by atoms with Crippen LogP contribution in [-0.2, 0) is 19.2 Å². The number of hydrogen-bond acceptors (Lipinski definition) is 4. The Morgan fingerprint density at radius 3 is 1.97 bits per heavy atom. The van der Waals surface area contributed by atoms with Gasteiger partial charge in [-0.1, -0.05) is 60.7 Å². The van der Waals surface area contributed by atoms with Crippen LogP contribution in [-0.4, -0.2) is 23.5 Å². The van der Waals surface area contributed by atoms with Crippen LogP contribution in [0, 0.1) is 5.92 Å². The fourth-order valence-electron chi connectivity index (χ4n) is 3.85. The molecule has 0 saturated carbocycles. The molecular weight excluding hydrogens is 392 g/mol. The second kappa shape index (κ2) is 7.18. The molecule has 5 rings (SSSR count). The van der Waals surface area contributed by atoms with E-state index in [1.807, 2.05) is 54.6 Å². The van der Waals surface area contributed by atoms with Gasteiger partial charge in [0.1, 0.15) is 0 Å². The summed E-state index contributed by atoms with van der Waals surface area (Å²) in [6, 6.07) is 25.3. The fourth-order valence-corrected chi connectivity index (χ4v) is 3.85. The number of nitrogens with zero attached hydrogens (tertiary/aromatic N) is 1. The van der Waals surface area contributed by atoms with E-state index in [1.165, 1.54) is 0 Å². The average Bonchev–Trinajstić information content (AvgIpc) is 3.01. The lowest BCUT2D eigenvalue weighted by Crippen LogP contribution is -2.34. The molecule has 1 aliphatic rings. The van der Waals surface area contributed by atoms with E-state index in [2.05, 4.69) is 5.32 Å². The zero-order valence-corrected chi connectivity index (χ0v) is 16.2. The molecule has 1 N–H and O–H groups in total. The normalized spacial score (nSPS) is 16.3. The first-order valence-electron chi connectivity index (χ1n) is 9.73. The lowest BCUT2D eigenvalue weighted by molar-refractivity contribution is -0.139. The quantitative estimate of drug-likeness (QED) is 0.318. The van der Waals surface area contributed by atoms with Crippen LogP contribution in [0.2, 0.25) is 0 Å². The molecule has 0 spiro atoms. The highest BCUT2D eigenvalue weighted by molar-refractivity contribution is 6.60. The molecule has 0 aromatic heterocycles. The Balaban J connectivity index is 1.43. The summed E-state index contributed by atoms with van der Waals surface area (Å²) < 4.78 is 0. The topological polar surface area (TPSA) is 83.6 Å². The second-order valence-electron chi connectivity index (χ2n) is 7.36. The number of hydrogen-bond donors (Lipinski definition) is 1. The number of fused-ring (bicyclic) bond motifs is 2. The molecule has 1 fully saturated rings. The molecule has 1 atom stereocenters. The smallest absolute Gasteiger partial charge is 0.302 e. The van der Waals surface area contributed by atoms with Crippen LogP contribution >= 0.6 is 0 Å². The maximum absolute atomic E-state index is 12.9. The highest BCUT2D eigenvalue weighted by Gasteiger charge is 2.51. The summed E-state index contributed by atoms with van der Waals surface area (Å²) in [6.45, 7) is 0. The summed E-state index contributed by atoms with van der Waals surface area (Å²) in [6.07, 6.45) is 0.